The van der Waals surface area contributed by atoms with E-state index in [-0.39, 0.29) is 0 Å². The molecule has 0 aromatic carbocycles. The average Bonchev–Trinajstić information content (AvgIpc) is 1.96. The Kier molecular flexibility index (Phi) is 1.84. The molecular weight excluding hydrogens is 138 g/mol. The van der Waals surface area contributed by atoms with Crippen LogP contribution in [0.15, 0.2) is 0 Å². The first-order valence-electron chi connectivity index (χ1n) is 4.68. The summed E-state index contributed by atoms with van der Waals surface area (Å²) in [5.74, 6) is 0.687. The topological polar surface area (TPSA) is 29.1 Å². The lowest BCUT2D eigenvalue weighted by molar-refractivity contribution is -0.135. The molecule has 2 rings (SSSR count). The molecule has 1 heterocycles. The van der Waals surface area contributed by atoms with Gasteiger partial charge in [-0.15, -0.1) is 0 Å². The van der Waals surface area contributed by atoms with Gasteiger partial charge in [0.2, 0.25) is 5.91 Å². The summed E-state index contributed by atoms with van der Waals surface area (Å²) in [6.45, 7) is 0. The first-order chi connectivity index (χ1) is 5.38. The maximum Gasteiger partial charge on any atom is 0.225 e. The summed E-state index contributed by atoms with van der Waals surface area (Å²) >= 11 is 0. The third-order valence-corrected chi connectivity index (χ3v) is 2.93. The van der Waals surface area contributed by atoms with Gasteiger partial charge in [0.05, 0.1) is 5.92 Å². The lowest BCUT2D eigenvalue weighted by Gasteiger charge is -2.38. The number of rotatable bonds is 0. The smallest absolute Gasteiger partial charge is 0.225 e. The third-order valence-electron chi connectivity index (χ3n) is 2.93. The van der Waals surface area contributed by atoms with E-state index in [2.05, 4.69) is 5.32 Å². The molecule has 2 atom stereocenters. The summed E-state index contributed by atoms with van der Waals surface area (Å²) in [6, 6.07) is 0.544. The normalized spacial score (nSPS) is 37.6. The van der Waals surface area contributed by atoms with Gasteiger partial charge in [0.1, 0.15) is 0 Å². The average molecular weight is 153 g/mol. The fourth-order valence-corrected chi connectivity index (χ4v) is 2.16. The molecule has 62 valence electrons. The quantitative estimate of drug-likeness (QED) is 0.524. The van der Waals surface area contributed by atoms with Crippen molar-refractivity contribution in [3.63, 3.8) is 0 Å². The molecule has 0 spiro atoms. The van der Waals surface area contributed by atoms with Crippen LogP contribution in [0.1, 0.15) is 38.5 Å². The molecule has 0 radical (unpaired) electrons. The van der Waals surface area contributed by atoms with E-state index in [4.69, 9.17) is 0 Å². The van der Waals surface area contributed by atoms with Crippen LogP contribution >= 0.6 is 0 Å². The minimum Gasteiger partial charge on any atom is -0.352 e. The van der Waals surface area contributed by atoms with Crippen molar-refractivity contribution in [1.82, 2.24) is 5.32 Å². The molecule has 1 aliphatic heterocycles. The van der Waals surface area contributed by atoms with Crippen molar-refractivity contribution >= 4 is 5.91 Å². The second-order valence-corrected chi connectivity index (χ2v) is 3.71. The van der Waals surface area contributed by atoms with Gasteiger partial charge in [-0.1, -0.05) is 25.7 Å². The number of carbonyl (C=O) groups excluding carboxylic acids is 1. The minimum atomic E-state index is 0.303. The van der Waals surface area contributed by atoms with Gasteiger partial charge in [-0.25, -0.2) is 0 Å². The van der Waals surface area contributed by atoms with Crippen molar-refractivity contribution in [2.75, 3.05) is 0 Å². The first kappa shape index (κ1) is 7.14. The Hall–Kier alpha value is -0.530. The Morgan fingerprint density at radius 1 is 1.09 bits per heavy atom. The number of nitrogens with one attached hydrogen (secondary N) is 1. The first-order valence-corrected chi connectivity index (χ1v) is 4.68. The summed E-state index contributed by atoms with van der Waals surface area (Å²) < 4.78 is 0. The van der Waals surface area contributed by atoms with Crippen molar-refractivity contribution in [1.29, 1.82) is 0 Å². The molecule has 11 heavy (non-hydrogen) atoms. The van der Waals surface area contributed by atoms with E-state index in [1.165, 1.54) is 32.1 Å². The molecule has 1 saturated heterocycles. The van der Waals surface area contributed by atoms with E-state index in [1.807, 2.05) is 0 Å². The Labute approximate surface area is 67.4 Å². The maximum absolute atomic E-state index is 11.0. The highest BCUT2D eigenvalue weighted by Crippen LogP contribution is 2.28. The van der Waals surface area contributed by atoms with Crippen LogP contribution in [0.25, 0.3) is 0 Å². The van der Waals surface area contributed by atoms with Crippen LogP contribution in [-0.2, 0) is 4.79 Å². The summed E-state index contributed by atoms with van der Waals surface area (Å²) in [7, 11) is 0. The fourth-order valence-electron chi connectivity index (χ4n) is 2.16. The van der Waals surface area contributed by atoms with Crippen LogP contribution in [0.2, 0.25) is 0 Å². The molecule has 1 amide bonds. The third kappa shape index (κ3) is 1.26. The van der Waals surface area contributed by atoms with E-state index in [1.54, 1.807) is 0 Å². The van der Waals surface area contributed by atoms with Crippen molar-refractivity contribution in [2.45, 2.75) is 44.6 Å². The highest BCUT2D eigenvalue weighted by molar-refractivity contribution is 5.85. The van der Waals surface area contributed by atoms with Crippen LogP contribution in [0, 0.1) is 5.92 Å². The Morgan fingerprint density at radius 3 is 2.55 bits per heavy atom. The second kappa shape index (κ2) is 2.84. The number of β-lactam (4-membered cyclic amide) rings is 1. The highest BCUT2D eigenvalue weighted by Gasteiger charge is 2.38. The second-order valence-electron chi connectivity index (χ2n) is 3.71. The van der Waals surface area contributed by atoms with Crippen LogP contribution in [0.3, 0.4) is 0 Å². The van der Waals surface area contributed by atoms with Gasteiger partial charge in [-0.3, -0.25) is 4.79 Å². The van der Waals surface area contributed by atoms with Crippen LogP contribution < -0.4 is 5.32 Å². The zero-order chi connectivity index (χ0) is 7.68. The largest absolute Gasteiger partial charge is 0.352 e. The van der Waals surface area contributed by atoms with Gasteiger partial charge in [-0.05, 0) is 12.8 Å². The van der Waals surface area contributed by atoms with Gasteiger partial charge >= 0.3 is 0 Å². The minimum absolute atomic E-state index is 0.303. The lowest BCUT2D eigenvalue weighted by Crippen LogP contribution is -2.58. The van der Waals surface area contributed by atoms with Crippen LogP contribution in [-0.4, -0.2) is 11.9 Å². The molecule has 2 unspecified atom stereocenters. The van der Waals surface area contributed by atoms with Crippen LogP contribution in [0.5, 0.6) is 0 Å². The van der Waals surface area contributed by atoms with Crippen LogP contribution in [0.4, 0.5) is 0 Å². The SMILES string of the molecule is O=C1NC2CCCCCCC12. The highest BCUT2D eigenvalue weighted by atomic mass is 16.2. The molecule has 1 saturated carbocycles. The maximum atomic E-state index is 11.0. The van der Waals surface area contributed by atoms with E-state index >= 15 is 0 Å². The molecular formula is C9H15NO. The van der Waals surface area contributed by atoms with E-state index in [9.17, 15) is 4.79 Å². The van der Waals surface area contributed by atoms with Gasteiger partial charge in [0, 0.05) is 6.04 Å². The van der Waals surface area contributed by atoms with Crippen molar-refractivity contribution in [3.8, 4) is 0 Å². The number of amides is 1. The molecule has 2 nitrogen and oxygen atoms in total. The molecule has 0 bridgehead atoms. The summed E-state index contributed by atoms with van der Waals surface area (Å²) in [5.41, 5.74) is 0. The molecule has 1 N–H and O–H groups in total. The molecule has 0 aromatic heterocycles. The predicted octanol–water partition coefficient (Wildman–Crippen LogP) is 1.46. The standard InChI is InChI=1S/C9H15NO/c11-9-7-5-3-1-2-4-6-8(7)10-9/h7-8H,1-6H2,(H,10,11). The van der Waals surface area contributed by atoms with Gasteiger partial charge < -0.3 is 5.32 Å². The Bertz CT molecular complexity index is 167. The number of carbonyl (C=O) groups is 1. The molecule has 0 aromatic rings. The summed E-state index contributed by atoms with van der Waals surface area (Å²) in [6.07, 6.45) is 7.61. The zero-order valence-corrected chi connectivity index (χ0v) is 6.81. The van der Waals surface area contributed by atoms with Gasteiger partial charge in [0.25, 0.3) is 0 Å². The summed E-state index contributed by atoms with van der Waals surface area (Å²) in [5, 5.41) is 2.97. The van der Waals surface area contributed by atoms with Crippen molar-refractivity contribution < 1.29 is 4.79 Å². The Morgan fingerprint density at radius 2 is 1.82 bits per heavy atom. The van der Waals surface area contributed by atoms with Crippen molar-refractivity contribution in [2.24, 2.45) is 5.92 Å². The summed E-state index contributed by atoms with van der Waals surface area (Å²) in [4.78, 5) is 11.0. The number of hydrogen-bond acceptors (Lipinski definition) is 1. The van der Waals surface area contributed by atoms with Gasteiger partial charge in [-0.2, -0.15) is 0 Å². The monoisotopic (exact) mass is 153 g/mol. The van der Waals surface area contributed by atoms with E-state index in [0.29, 0.717) is 17.9 Å². The van der Waals surface area contributed by atoms with E-state index in [0.717, 1.165) is 6.42 Å². The lowest BCUT2D eigenvalue weighted by atomic mass is 9.81. The predicted molar refractivity (Wildman–Crippen MR) is 43.1 cm³/mol. The molecule has 2 fully saturated rings. The number of fused-ring (bicyclic) bond motifs is 1. The molecule has 1 aliphatic carbocycles. The van der Waals surface area contributed by atoms with Crippen molar-refractivity contribution in [3.05, 3.63) is 0 Å². The Balaban J connectivity index is 1.92. The fraction of sp³-hybridized carbons (Fsp3) is 0.889. The molecule has 2 aliphatic rings. The zero-order valence-electron chi connectivity index (χ0n) is 6.81. The van der Waals surface area contributed by atoms with Gasteiger partial charge in [0.15, 0.2) is 0 Å². The van der Waals surface area contributed by atoms with E-state index < -0.39 is 0 Å². The number of hydrogen-bond donors (Lipinski definition) is 1. The molecule has 2 heteroatoms.